The molecule has 2 saturated carbocycles. The highest BCUT2D eigenvalue weighted by atomic mass is 16.7. The van der Waals surface area contributed by atoms with Crippen LogP contribution in [0.4, 0.5) is 0 Å². The van der Waals surface area contributed by atoms with Crippen molar-refractivity contribution in [1.29, 1.82) is 0 Å². The average Bonchev–Trinajstić information content (AvgIpc) is 2.87. The van der Waals surface area contributed by atoms with E-state index in [-0.39, 0.29) is 31.2 Å². The van der Waals surface area contributed by atoms with Crippen molar-refractivity contribution in [2.45, 2.75) is 50.9 Å². The second-order valence-corrected chi connectivity index (χ2v) is 8.08. The predicted octanol–water partition coefficient (Wildman–Crippen LogP) is 1.84. The Morgan fingerprint density at radius 3 is 2.46 bits per heavy atom. The molecule has 1 heterocycles. The molecule has 2 bridgehead atoms. The molecule has 146 valence electrons. The first-order valence-electron chi connectivity index (χ1n) is 8.85. The van der Waals surface area contributed by atoms with E-state index in [1.54, 1.807) is 0 Å². The zero-order valence-corrected chi connectivity index (χ0v) is 16.1. The molecule has 26 heavy (non-hydrogen) atoms. The van der Waals surface area contributed by atoms with Crippen molar-refractivity contribution in [3.05, 3.63) is 12.2 Å². The Balaban J connectivity index is 2.14. The molecule has 5 atom stereocenters. The molecular formula is C19H28O7. The molecule has 1 saturated heterocycles. The quantitative estimate of drug-likeness (QED) is 0.294. The van der Waals surface area contributed by atoms with Gasteiger partial charge in [0.1, 0.15) is 24.6 Å². The number of hydrogen-bond donors (Lipinski definition) is 0. The summed E-state index contributed by atoms with van der Waals surface area (Å²) in [5.41, 5.74) is -2.52. The number of esters is 1. The summed E-state index contributed by atoms with van der Waals surface area (Å²) in [6.07, 6.45) is 0.230. The second-order valence-electron chi connectivity index (χ2n) is 8.08. The molecule has 3 aliphatic rings. The lowest BCUT2D eigenvalue weighted by atomic mass is 9.59. The molecule has 2 aliphatic carbocycles. The fraction of sp³-hybridized carbons (Fsp3) is 0.789. The van der Waals surface area contributed by atoms with E-state index in [1.165, 1.54) is 14.2 Å². The number of ketones is 1. The minimum absolute atomic E-state index is 0.0322. The number of fused-ring (bicyclic) bond motifs is 1. The summed E-state index contributed by atoms with van der Waals surface area (Å²) >= 11 is 0. The Bertz CT molecular complexity index is 627. The van der Waals surface area contributed by atoms with Crippen molar-refractivity contribution in [2.75, 3.05) is 27.8 Å². The van der Waals surface area contributed by atoms with Crippen molar-refractivity contribution < 1.29 is 33.3 Å². The summed E-state index contributed by atoms with van der Waals surface area (Å²) in [7, 11) is 3.02. The normalized spacial score (nSPS) is 40.4. The Morgan fingerprint density at radius 1 is 1.23 bits per heavy atom. The first kappa shape index (κ1) is 19.5. The van der Waals surface area contributed by atoms with Crippen LogP contribution < -0.4 is 0 Å². The van der Waals surface area contributed by atoms with E-state index < -0.39 is 28.7 Å². The van der Waals surface area contributed by atoms with Gasteiger partial charge in [-0.15, -0.1) is 0 Å². The van der Waals surface area contributed by atoms with Crippen LogP contribution in [0.5, 0.6) is 0 Å². The van der Waals surface area contributed by atoms with Crippen LogP contribution in [-0.4, -0.2) is 56.9 Å². The Kier molecular flexibility index (Phi) is 4.80. The number of cyclic esters (lactones) is 1. The summed E-state index contributed by atoms with van der Waals surface area (Å²) in [5, 5.41) is 0. The van der Waals surface area contributed by atoms with Crippen LogP contribution in [0, 0.1) is 17.3 Å². The summed E-state index contributed by atoms with van der Waals surface area (Å²) in [6.45, 7) is 9.57. The van der Waals surface area contributed by atoms with Gasteiger partial charge in [-0.3, -0.25) is 9.59 Å². The SMILES string of the molecule is C=C(C)[C@@H]1C[C@@H](OCOC)C2(OCOC)C[C@H]3C(C)(C)OC(=O)[C@]13C2=O. The third-order valence-corrected chi connectivity index (χ3v) is 6.29. The molecule has 0 aromatic heterocycles. The van der Waals surface area contributed by atoms with Crippen LogP contribution in [0.2, 0.25) is 0 Å². The molecular weight excluding hydrogens is 340 g/mol. The van der Waals surface area contributed by atoms with E-state index in [0.29, 0.717) is 12.8 Å². The van der Waals surface area contributed by atoms with Gasteiger partial charge in [-0.25, -0.2) is 0 Å². The summed E-state index contributed by atoms with van der Waals surface area (Å²) in [4.78, 5) is 26.8. The van der Waals surface area contributed by atoms with Gasteiger partial charge in [0, 0.05) is 26.1 Å². The summed E-state index contributed by atoms with van der Waals surface area (Å²) < 4.78 is 27.6. The number of allylic oxidation sites excluding steroid dienone is 1. The largest absolute Gasteiger partial charge is 0.459 e. The van der Waals surface area contributed by atoms with Gasteiger partial charge < -0.3 is 23.7 Å². The van der Waals surface area contributed by atoms with Gasteiger partial charge in [0.25, 0.3) is 0 Å². The Labute approximate surface area is 153 Å². The Hall–Kier alpha value is -1.28. The van der Waals surface area contributed by atoms with Crippen molar-refractivity contribution in [2.24, 2.45) is 17.3 Å². The molecule has 0 aromatic rings. The van der Waals surface area contributed by atoms with Crippen LogP contribution in [0.15, 0.2) is 12.2 Å². The van der Waals surface area contributed by atoms with Crippen LogP contribution in [0.1, 0.15) is 33.6 Å². The van der Waals surface area contributed by atoms with E-state index in [9.17, 15) is 9.59 Å². The van der Waals surface area contributed by atoms with Crippen molar-refractivity contribution in [3.63, 3.8) is 0 Å². The van der Waals surface area contributed by atoms with E-state index in [0.717, 1.165) is 5.57 Å². The fourth-order valence-electron chi connectivity index (χ4n) is 5.22. The van der Waals surface area contributed by atoms with Crippen LogP contribution in [0.3, 0.4) is 0 Å². The lowest BCUT2D eigenvalue weighted by Crippen LogP contribution is -2.61. The van der Waals surface area contributed by atoms with Crippen LogP contribution in [0.25, 0.3) is 0 Å². The van der Waals surface area contributed by atoms with Crippen molar-refractivity contribution in [1.82, 2.24) is 0 Å². The number of ether oxygens (including phenoxy) is 5. The zero-order valence-electron chi connectivity index (χ0n) is 16.1. The zero-order chi connectivity index (χ0) is 19.3. The molecule has 0 amide bonds. The van der Waals surface area contributed by atoms with E-state index >= 15 is 0 Å². The predicted molar refractivity (Wildman–Crippen MR) is 91.1 cm³/mol. The fourth-order valence-corrected chi connectivity index (χ4v) is 5.22. The average molecular weight is 368 g/mol. The van der Waals surface area contributed by atoms with E-state index in [1.807, 2.05) is 20.8 Å². The molecule has 3 rings (SSSR count). The van der Waals surface area contributed by atoms with Gasteiger partial charge in [0.15, 0.2) is 11.4 Å². The highest BCUT2D eigenvalue weighted by molar-refractivity contribution is 6.13. The number of methoxy groups -OCH3 is 2. The summed E-state index contributed by atoms with van der Waals surface area (Å²) in [6, 6.07) is 0. The van der Waals surface area contributed by atoms with Gasteiger partial charge >= 0.3 is 5.97 Å². The van der Waals surface area contributed by atoms with E-state index in [4.69, 9.17) is 23.7 Å². The van der Waals surface area contributed by atoms with Gasteiger partial charge in [-0.05, 0) is 33.6 Å². The van der Waals surface area contributed by atoms with Gasteiger partial charge in [-0.1, -0.05) is 12.2 Å². The molecule has 1 spiro atoms. The van der Waals surface area contributed by atoms with E-state index in [2.05, 4.69) is 6.58 Å². The second kappa shape index (κ2) is 6.41. The number of rotatable bonds is 7. The number of carbonyl (C=O) groups excluding carboxylic acids is 2. The maximum Gasteiger partial charge on any atom is 0.321 e. The number of hydrogen-bond acceptors (Lipinski definition) is 7. The van der Waals surface area contributed by atoms with Crippen molar-refractivity contribution >= 4 is 11.8 Å². The molecule has 0 N–H and O–H groups in total. The Morgan fingerprint density at radius 2 is 1.88 bits per heavy atom. The maximum absolute atomic E-state index is 13.8. The monoisotopic (exact) mass is 368 g/mol. The molecule has 1 aliphatic heterocycles. The summed E-state index contributed by atoms with van der Waals surface area (Å²) in [5.74, 6) is -1.43. The standard InChI is InChI=1S/C19H28O7/c1-11(2)12-7-14(24-9-22-5)18(25-10-23-6)8-13-17(3,4)26-16(21)19(12,13)15(18)20/h12-14H,1,7-10H2,2-6H3/t12-,13-,14+,18?,19+/m0/s1. The highest BCUT2D eigenvalue weighted by Crippen LogP contribution is 2.67. The minimum atomic E-state index is -1.27. The molecule has 1 unspecified atom stereocenters. The minimum Gasteiger partial charge on any atom is -0.459 e. The first-order valence-corrected chi connectivity index (χ1v) is 8.85. The third kappa shape index (κ3) is 2.34. The van der Waals surface area contributed by atoms with Crippen molar-refractivity contribution in [3.8, 4) is 0 Å². The van der Waals surface area contributed by atoms with Crippen LogP contribution >= 0.6 is 0 Å². The highest BCUT2D eigenvalue weighted by Gasteiger charge is 2.81. The molecule has 7 nitrogen and oxygen atoms in total. The molecule has 3 fully saturated rings. The smallest absolute Gasteiger partial charge is 0.321 e. The maximum atomic E-state index is 13.8. The number of carbonyl (C=O) groups is 2. The van der Waals surface area contributed by atoms with Gasteiger partial charge in [-0.2, -0.15) is 0 Å². The third-order valence-electron chi connectivity index (χ3n) is 6.29. The first-order chi connectivity index (χ1) is 12.2. The number of Topliss-reactive ketones (excluding diaryl/α,β-unsaturated/α-hetero) is 1. The topological polar surface area (TPSA) is 80.3 Å². The molecule has 0 radical (unpaired) electrons. The lowest BCUT2D eigenvalue weighted by molar-refractivity contribution is -0.221. The van der Waals surface area contributed by atoms with Gasteiger partial charge in [0.05, 0.1) is 6.10 Å². The molecule has 7 heteroatoms. The molecule has 0 aromatic carbocycles. The van der Waals surface area contributed by atoms with Crippen LogP contribution in [-0.2, 0) is 33.3 Å². The lowest BCUT2D eigenvalue weighted by Gasteiger charge is -2.45. The van der Waals surface area contributed by atoms with Gasteiger partial charge in [0.2, 0.25) is 0 Å².